The minimum Gasteiger partial charge on any atom is -0.381 e. The number of likely N-dealkylation sites (N-methyl/N-ethyl adjacent to an activating group) is 1. The molecule has 3 saturated heterocycles. The molecule has 5 heterocycles. The third-order valence-electron chi connectivity index (χ3n) is 16.5. The number of nitrogens with one attached hydrogen (secondary N) is 6. The lowest BCUT2D eigenvalue weighted by molar-refractivity contribution is -0.145. The maximum Gasteiger partial charge on any atom is 0.247 e. The van der Waals surface area contributed by atoms with Crippen LogP contribution in [0.15, 0.2) is 78.9 Å². The van der Waals surface area contributed by atoms with Crippen molar-refractivity contribution in [1.82, 2.24) is 36.0 Å². The first-order chi connectivity index (χ1) is 38.4. The Morgan fingerprint density at radius 1 is 0.831 bits per heavy atom. The molecule has 6 N–H and O–H groups in total. The van der Waals surface area contributed by atoms with E-state index in [0.29, 0.717) is 86.8 Å². The number of halogens is 6. The standard InChI is InChI=1S/C59H73F3N10O8.3ClH/c1-35-29-70(45(27-64-35)31-69-19-22-80-33-36(69)2)32-52(74)72-34-59(4,46-16-11-39(24-49(46)72)23-38-9-13-43(60)14-10-38)58(78)65-28-51(73)66-44-15-12-41-26-50(56(76)68-54-47(61)7-6-8-48(54)62)71(30-42(41)25-44)57(77)53(40-17-20-79-21-18-40)67-55(75)37(3)63-5;;;/h6-16,24-25,35-37,40,45,50,53,63-64H,17-23,26-34H2,1-5H3,(H,65,78)(H,66,73)(H,67,75)(H,68,76);3*1H/t35-,36-,37+,45-,50?,53+,59?;;;/m1.../s1. The number of ether oxygens (including phenoxy) is 2. The number of nitrogens with zero attached hydrogens (tertiary/aromatic N) is 4. The van der Waals surface area contributed by atoms with Crippen LogP contribution in [0.4, 0.5) is 30.2 Å². The lowest BCUT2D eigenvalue weighted by Gasteiger charge is -2.43. The number of para-hydroxylation sites is 1. The topological polar surface area (TPSA) is 206 Å². The molecule has 2 unspecified atom stereocenters. The van der Waals surface area contributed by atoms with Crippen molar-refractivity contribution in [2.45, 2.75) is 102 Å². The number of hydrogen-bond donors (Lipinski definition) is 6. The summed E-state index contributed by atoms with van der Waals surface area (Å²) in [4.78, 5) is 93.2. The highest BCUT2D eigenvalue weighted by atomic mass is 35.5. The van der Waals surface area contributed by atoms with Gasteiger partial charge in [-0.3, -0.25) is 38.6 Å². The summed E-state index contributed by atoms with van der Waals surface area (Å²) >= 11 is 0. The number of hydrogen-bond acceptors (Lipinski definition) is 12. The minimum absolute atomic E-state index is 0. The van der Waals surface area contributed by atoms with Crippen LogP contribution in [0.2, 0.25) is 0 Å². The number of morpholine rings is 1. The number of carbonyl (C=O) groups excluding carboxylic acids is 6. The van der Waals surface area contributed by atoms with E-state index < -0.39 is 76.9 Å². The van der Waals surface area contributed by atoms with Gasteiger partial charge in [-0.05, 0) is 130 Å². The number of piperazine rings is 1. The van der Waals surface area contributed by atoms with Gasteiger partial charge in [-0.15, -0.1) is 37.2 Å². The lowest BCUT2D eigenvalue weighted by Crippen LogP contribution is -2.62. The lowest BCUT2D eigenvalue weighted by atomic mass is 9.83. The van der Waals surface area contributed by atoms with E-state index in [1.807, 2.05) is 18.2 Å². The average molecular weight is 1220 g/mol. The van der Waals surface area contributed by atoms with Gasteiger partial charge in [0, 0.05) is 88.4 Å². The molecule has 0 radical (unpaired) electrons. The third kappa shape index (κ3) is 15.5. The van der Waals surface area contributed by atoms with Crippen LogP contribution >= 0.6 is 37.2 Å². The molecule has 9 rings (SSSR count). The van der Waals surface area contributed by atoms with E-state index in [-0.39, 0.29) is 99.0 Å². The van der Waals surface area contributed by atoms with Crippen LogP contribution in [0.3, 0.4) is 0 Å². The third-order valence-corrected chi connectivity index (χ3v) is 16.5. The van der Waals surface area contributed by atoms with Gasteiger partial charge in [-0.2, -0.15) is 0 Å². The second kappa shape index (κ2) is 29.3. The van der Waals surface area contributed by atoms with Gasteiger partial charge in [-0.1, -0.05) is 36.4 Å². The largest absolute Gasteiger partial charge is 0.381 e. The van der Waals surface area contributed by atoms with Gasteiger partial charge in [0.15, 0.2) is 0 Å². The van der Waals surface area contributed by atoms with Crippen LogP contribution in [0.5, 0.6) is 0 Å². The van der Waals surface area contributed by atoms with Gasteiger partial charge < -0.3 is 51.2 Å². The highest BCUT2D eigenvalue weighted by molar-refractivity contribution is 6.04. The summed E-state index contributed by atoms with van der Waals surface area (Å²) in [6, 6.07) is 17.5. The first kappa shape index (κ1) is 66.3. The smallest absolute Gasteiger partial charge is 0.247 e. The van der Waals surface area contributed by atoms with Crippen molar-refractivity contribution in [3.63, 3.8) is 0 Å². The maximum absolute atomic E-state index is 14.9. The Kier molecular flexibility index (Phi) is 23.4. The van der Waals surface area contributed by atoms with E-state index in [4.69, 9.17) is 9.47 Å². The van der Waals surface area contributed by atoms with E-state index in [1.54, 1.807) is 56.1 Å². The summed E-state index contributed by atoms with van der Waals surface area (Å²) in [6.45, 7) is 12.1. The van der Waals surface area contributed by atoms with Crippen LogP contribution in [0.1, 0.15) is 68.4 Å². The number of rotatable bonds is 17. The van der Waals surface area contributed by atoms with Crippen LogP contribution in [-0.2, 0) is 63.0 Å². The van der Waals surface area contributed by atoms with Crippen LogP contribution in [0, 0.1) is 23.4 Å². The number of carbonyl (C=O) groups is 6. The Balaban J connectivity index is 0.00000369. The Labute approximate surface area is 501 Å². The molecule has 83 heavy (non-hydrogen) atoms. The Morgan fingerprint density at radius 3 is 2.24 bits per heavy atom. The second-order valence-corrected chi connectivity index (χ2v) is 22.2. The van der Waals surface area contributed by atoms with Gasteiger partial charge >= 0.3 is 0 Å². The molecule has 3 fully saturated rings. The van der Waals surface area contributed by atoms with Crippen molar-refractivity contribution in [3.05, 3.63) is 124 Å². The Bertz CT molecular complexity index is 2940. The summed E-state index contributed by atoms with van der Waals surface area (Å²) < 4.78 is 55.0. The maximum atomic E-state index is 14.9. The van der Waals surface area contributed by atoms with Crippen molar-refractivity contribution < 1.29 is 51.4 Å². The normalized spacial score (nSPS) is 22.5. The van der Waals surface area contributed by atoms with E-state index in [0.717, 1.165) is 36.3 Å². The van der Waals surface area contributed by atoms with Crippen molar-refractivity contribution in [1.29, 1.82) is 0 Å². The number of amides is 6. The molecule has 5 aliphatic rings. The molecule has 4 aromatic carbocycles. The Hall–Kier alpha value is -5.88. The summed E-state index contributed by atoms with van der Waals surface area (Å²) in [5.41, 5.74) is 2.55. The fraction of sp³-hybridized carbons (Fsp3) is 0.492. The zero-order valence-electron chi connectivity index (χ0n) is 47.3. The molecule has 452 valence electrons. The monoisotopic (exact) mass is 1210 g/mol. The van der Waals surface area contributed by atoms with Gasteiger partial charge in [0.25, 0.3) is 0 Å². The SMILES string of the molecule is CN[C@@H](C)C(=O)N[C@H](C(=O)N1Cc2cc(NC(=O)CNC(=O)C3(C)CN(C(=O)CN4C[C@@H](C)NC[C@@H]4CN4CCOC[C@H]4C)c4cc(Cc5ccc(F)cc5)ccc43)ccc2CC1C(=O)Nc1c(F)cccc1F)C1CCOCC1.Cl.Cl.Cl. The number of fused-ring (bicyclic) bond motifs is 2. The predicted molar refractivity (Wildman–Crippen MR) is 317 cm³/mol. The Morgan fingerprint density at radius 2 is 1.54 bits per heavy atom. The van der Waals surface area contributed by atoms with Crippen molar-refractivity contribution in [3.8, 4) is 0 Å². The molecule has 24 heteroatoms. The second-order valence-electron chi connectivity index (χ2n) is 22.2. The highest BCUT2D eigenvalue weighted by Gasteiger charge is 2.48. The van der Waals surface area contributed by atoms with E-state index >= 15 is 0 Å². The molecule has 0 spiro atoms. The molecule has 0 aromatic heterocycles. The van der Waals surface area contributed by atoms with Crippen molar-refractivity contribution in [2.24, 2.45) is 5.92 Å². The number of anilines is 3. The minimum atomic E-state index is -1.27. The fourth-order valence-electron chi connectivity index (χ4n) is 11.6. The summed E-state index contributed by atoms with van der Waals surface area (Å²) in [5.74, 6) is -5.74. The molecule has 4 aromatic rings. The summed E-state index contributed by atoms with van der Waals surface area (Å²) in [5, 5.41) is 17.4. The average Bonchev–Trinajstić information content (AvgIpc) is 3.81. The van der Waals surface area contributed by atoms with Gasteiger partial charge in [0.05, 0.1) is 37.8 Å². The molecule has 7 atom stereocenters. The van der Waals surface area contributed by atoms with Crippen LogP contribution in [-0.4, -0.2) is 166 Å². The fourth-order valence-corrected chi connectivity index (χ4v) is 11.6. The predicted octanol–water partition coefficient (Wildman–Crippen LogP) is 5.11. The molecular formula is C59H76Cl3F3N10O8. The van der Waals surface area contributed by atoms with Gasteiger partial charge in [-0.25, -0.2) is 13.2 Å². The highest BCUT2D eigenvalue weighted by Crippen LogP contribution is 2.42. The number of benzene rings is 4. The molecule has 0 saturated carbocycles. The van der Waals surface area contributed by atoms with Crippen molar-refractivity contribution in [2.75, 3.05) is 94.8 Å². The molecule has 18 nitrogen and oxygen atoms in total. The quantitative estimate of drug-likeness (QED) is 0.0817. The van der Waals surface area contributed by atoms with Crippen LogP contribution in [0.25, 0.3) is 0 Å². The van der Waals surface area contributed by atoms with Gasteiger partial charge in [0.1, 0.15) is 35.2 Å². The molecular weight excluding hydrogens is 1140 g/mol. The summed E-state index contributed by atoms with van der Waals surface area (Å²) in [6.07, 6.45) is 1.30. The molecule has 0 bridgehead atoms. The summed E-state index contributed by atoms with van der Waals surface area (Å²) in [7, 11) is 1.61. The van der Waals surface area contributed by atoms with E-state index in [1.165, 1.54) is 23.1 Å². The zero-order valence-corrected chi connectivity index (χ0v) is 49.7. The molecule has 5 aliphatic heterocycles. The first-order valence-electron chi connectivity index (χ1n) is 27.7. The zero-order chi connectivity index (χ0) is 56.8. The van der Waals surface area contributed by atoms with Crippen molar-refractivity contribution >= 4 is 89.7 Å². The molecule has 6 amide bonds. The molecule has 0 aliphatic carbocycles. The van der Waals surface area contributed by atoms with Crippen LogP contribution < -0.4 is 36.8 Å². The van der Waals surface area contributed by atoms with Gasteiger partial charge in [0.2, 0.25) is 35.4 Å². The van der Waals surface area contributed by atoms with E-state index in [2.05, 4.69) is 55.5 Å². The van der Waals surface area contributed by atoms with E-state index in [9.17, 15) is 41.9 Å². The first-order valence-corrected chi connectivity index (χ1v) is 27.7.